The van der Waals surface area contributed by atoms with E-state index in [-0.39, 0.29) is 17.9 Å². The smallest absolute Gasteiger partial charge is 0.204 e. The Morgan fingerprint density at radius 3 is 2.54 bits per heavy atom. The molecule has 0 aliphatic carbocycles. The summed E-state index contributed by atoms with van der Waals surface area (Å²) in [4.78, 5) is 1.46. The fourth-order valence-corrected chi connectivity index (χ4v) is 0.748. The Morgan fingerprint density at radius 2 is 2.15 bits per heavy atom. The van der Waals surface area contributed by atoms with Crippen LogP contribution in [0.3, 0.4) is 0 Å². The molecule has 0 bridgehead atoms. The summed E-state index contributed by atoms with van der Waals surface area (Å²) in [7, 11) is 0. The lowest BCUT2D eigenvalue weighted by molar-refractivity contribution is 0.175. The van der Waals surface area contributed by atoms with Crippen LogP contribution in [0, 0.1) is 0 Å². The Hall–Kier alpha value is -1.01. The topological polar surface area (TPSA) is 89.8 Å². The molecule has 1 atom stereocenters. The lowest BCUT2D eigenvalue weighted by Gasteiger charge is -2.15. The van der Waals surface area contributed by atoms with Gasteiger partial charge in [-0.15, -0.1) is 10.2 Å². The first-order valence-electron chi connectivity index (χ1n) is 4.13. The summed E-state index contributed by atoms with van der Waals surface area (Å²) >= 11 is 0. The van der Waals surface area contributed by atoms with Gasteiger partial charge in [-0.2, -0.15) is 4.80 Å². The molecule has 1 aromatic heterocycles. The second-order valence-corrected chi connectivity index (χ2v) is 3.86. The van der Waals surface area contributed by atoms with Gasteiger partial charge in [-0.25, -0.2) is 0 Å². The molecule has 1 aromatic rings. The first kappa shape index (κ1) is 10.1. The Kier molecular flexibility index (Phi) is 2.63. The van der Waals surface area contributed by atoms with Gasteiger partial charge in [0, 0.05) is 6.54 Å². The van der Waals surface area contributed by atoms with E-state index in [1.54, 1.807) is 0 Å². The lowest BCUT2D eigenvalue weighted by Crippen LogP contribution is -2.25. The maximum absolute atomic E-state index is 9.30. The largest absolute Gasteiger partial charge is 0.384 e. The molecule has 0 aliphatic heterocycles. The molecule has 3 N–H and O–H groups in total. The maximum Gasteiger partial charge on any atom is 0.204 e. The van der Waals surface area contributed by atoms with Crippen molar-refractivity contribution in [3.8, 4) is 0 Å². The van der Waals surface area contributed by atoms with Gasteiger partial charge in [0.2, 0.25) is 5.82 Å². The van der Waals surface area contributed by atoms with Gasteiger partial charge in [-0.05, 0) is 26.0 Å². The summed E-state index contributed by atoms with van der Waals surface area (Å²) in [5.74, 6) is 0.275. The van der Waals surface area contributed by atoms with Crippen LogP contribution in [0.15, 0.2) is 0 Å². The van der Waals surface area contributed by atoms with E-state index in [0.29, 0.717) is 0 Å². The van der Waals surface area contributed by atoms with Crippen molar-refractivity contribution in [3.63, 3.8) is 0 Å². The van der Waals surface area contributed by atoms with Gasteiger partial charge >= 0.3 is 0 Å². The Bertz CT molecular complexity index is 277. The van der Waals surface area contributed by atoms with Gasteiger partial charge in [0.25, 0.3) is 0 Å². The van der Waals surface area contributed by atoms with Crippen LogP contribution in [0.4, 0.5) is 0 Å². The molecule has 0 fully saturated rings. The normalized spacial score (nSPS) is 14.5. The molecule has 1 unspecified atom stereocenters. The minimum absolute atomic E-state index is 0.107. The minimum atomic E-state index is -0.823. The highest BCUT2D eigenvalue weighted by molar-refractivity contribution is 4.85. The third-order valence-corrected chi connectivity index (χ3v) is 1.55. The van der Waals surface area contributed by atoms with Crippen molar-refractivity contribution in [2.45, 2.75) is 32.4 Å². The van der Waals surface area contributed by atoms with Gasteiger partial charge in [-0.1, -0.05) is 0 Å². The second kappa shape index (κ2) is 3.39. The third-order valence-electron chi connectivity index (χ3n) is 1.55. The van der Waals surface area contributed by atoms with Crippen LogP contribution in [0.2, 0.25) is 0 Å². The standard InChI is InChI=1S/C7H15N5O/c1-7(2,3)12-10-6(9-11-12)5(13)4-8/h5,13H,4,8H2,1-3H3. The summed E-state index contributed by atoms with van der Waals surface area (Å²) in [6.45, 7) is 5.96. The Balaban J connectivity index is 2.87. The highest BCUT2D eigenvalue weighted by Crippen LogP contribution is 2.11. The first-order chi connectivity index (χ1) is 5.95. The predicted octanol–water partition coefficient (Wildman–Crippen LogP) is -0.580. The second-order valence-electron chi connectivity index (χ2n) is 3.86. The molecule has 0 saturated carbocycles. The molecule has 6 nitrogen and oxygen atoms in total. The van der Waals surface area contributed by atoms with Crippen LogP contribution in [-0.4, -0.2) is 31.9 Å². The summed E-state index contributed by atoms with van der Waals surface area (Å²) in [5, 5.41) is 20.8. The van der Waals surface area contributed by atoms with Gasteiger partial charge in [0.15, 0.2) is 0 Å². The van der Waals surface area contributed by atoms with Crippen molar-refractivity contribution in [3.05, 3.63) is 5.82 Å². The average molecular weight is 185 g/mol. The number of rotatable bonds is 2. The summed E-state index contributed by atoms with van der Waals surface area (Å²) < 4.78 is 0. The van der Waals surface area contributed by atoms with Crippen LogP contribution in [0.25, 0.3) is 0 Å². The molecular weight excluding hydrogens is 170 g/mol. The highest BCUT2D eigenvalue weighted by Gasteiger charge is 2.19. The highest BCUT2D eigenvalue weighted by atomic mass is 16.3. The summed E-state index contributed by atoms with van der Waals surface area (Å²) in [5.41, 5.74) is 5.03. The van der Waals surface area contributed by atoms with E-state index in [9.17, 15) is 5.11 Å². The van der Waals surface area contributed by atoms with Gasteiger partial charge in [0.1, 0.15) is 6.10 Å². The van der Waals surface area contributed by atoms with E-state index < -0.39 is 6.10 Å². The molecule has 6 heteroatoms. The van der Waals surface area contributed by atoms with E-state index >= 15 is 0 Å². The lowest BCUT2D eigenvalue weighted by atomic mass is 10.1. The van der Waals surface area contributed by atoms with Crippen molar-refractivity contribution in [2.24, 2.45) is 5.73 Å². The molecule has 1 rings (SSSR count). The molecule has 0 spiro atoms. The van der Waals surface area contributed by atoms with E-state index in [4.69, 9.17) is 5.73 Å². The third kappa shape index (κ3) is 2.22. The van der Waals surface area contributed by atoms with Crippen molar-refractivity contribution < 1.29 is 5.11 Å². The van der Waals surface area contributed by atoms with E-state index in [0.717, 1.165) is 0 Å². The summed E-state index contributed by atoms with van der Waals surface area (Å²) in [6, 6.07) is 0. The van der Waals surface area contributed by atoms with Gasteiger partial charge in [0.05, 0.1) is 5.54 Å². The Labute approximate surface area is 76.7 Å². The summed E-state index contributed by atoms with van der Waals surface area (Å²) in [6.07, 6.45) is -0.823. The number of aromatic nitrogens is 4. The van der Waals surface area contributed by atoms with E-state index in [1.807, 2.05) is 20.8 Å². The number of aliphatic hydroxyl groups is 1. The van der Waals surface area contributed by atoms with Crippen molar-refractivity contribution >= 4 is 0 Å². The number of aliphatic hydroxyl groups excluding tert-OH is 1. The molecule has 0 aromatic carbocycles. The fourth-order valence-electron chi connectivity index (χ4n) is 0.748. The van der Waals surface area contributed by atoms with Crippen molar-refractivity contribution in [1.82, 2.24) is 20.2 Å². The van der Waals surface area contributed by atoms with Crippen LogP contribution in [0.5, 0.6) is 0 Å². The van der Waals surface area contributed by atoms with Crippen molar-refractivity contribution in [2.75, 3.05) is 6.54 Å². The molecule has 13 heavy (non-hydrogen) atoms. The molecular formula is C7H15N5O. The van der Waals surface area contributed by atoms with Gasteiger partial charge in [-0.3, -0.25) is 0 Å². The zero-order chi connectivity index (χ0) is 10.1. The maximum atomic E-state index is 9.30. The zero-order valence-electron chi connectivity index (χ0n) is 8.10. The quantitative estimate of drug-likeness (QED) is 0.643. The molecule has 74 valence electrons. The number of nitrogens with zero attached hydrogens (tertiary/aromatic N) is 4. The van der Waals surface area contributed by atoms with Crippen LogP contribution in [-0.2, 0) is 5.54 Å². The Morgan fingerprint density at radius 1 is 1.54 bits per heavy atom. The molecule has 0 amide bonds. The van der Waals surface area contributed by atoms with Crippen LogP contribution < -0.4 is 5.73 Å². The predicted molar refractivity (Wildman–Crippen MR) is 46.8 cm³/mol. The zero-order valence-corrected chi connectivity index (χ0v) is 8.10. The first-order valence-corrected chi connectivity index (χ1v) is 4.13. The molecule has 0 saturated heterocycles. The molecule has 0 aliphatic rings. The average Bonchev–Trinajstić information content (AvgIpc) is 2.50. The van der Waals surface area contributed by atoms with E-state index in [2.05, 4.69) is 15.4 Å². The number of nitrogens with two attached hydrogens (primary N) is 1. The van der Waals surface area contributed by atoms with Gasteiger partial charge < -0.3 is 10.8 Å². The number of hydrogen-bond acceptors (Lipinski definition) is 5. The van der Waals surface area contributed by atoms with Crippen LogP contribution in [0.1, 0.15) is 32.7 Å². The fraction of sp³-hybridized carbons (Fsp3) is 0.857. The number of tetrazole rings is 1. The number of hydrogen-bond donors (Lipinski definition) is 2. The minimum Gasteiger partial charge on any atom is -0.384 e. The monoisotopic (exact) mass is 185 g/mol. The van der Waals surface area contributed by atoms with Crippen LogP contribution >= 0.6 is 0 Å². The molecule has 0 radical (unpaired) electrons. The van der Waals surface area contributed by atoms with Crippen molar-refractivity contribution in [1.29, 1.82) is 0 Å². The SMILES string of the molecule is CC(C)(C)n1nnc(C(O)CN)n1. The molecule has 1 heterocycles. The van der Waals surface area contributed by atoms with E-state index in [1.165, 1.54) is 4.80 Å².